The molecule has 0 bridgehead atoms. The summed E-state index contributed by atoms with van der Waals surface area (Å²) in [5.41, 5.74) is 1.93. The Morgan fingerprint density at radius 2 is 2.16 bits per heavy atom. The maximum atomic E-state index is 12.5. The second-order valence-electron chi connectivity index (χ2n) is 5.65. The third kappa shape index (κ3) is 4.11. The Labute approximate surface area is 155 Å². The van der Waals surface area contributed by atoms with Crippen LogP contribution in [0.4, 0.5) is 5.69 Å². The summed E-state index contributed by atoms with van der Waals surface area (Å²) >= 11 is 3.06. The van der Waals surface area contributed by atoms with Crippen LogP contribution in [-0.2, 0) is 11.3 Å². The van der Waals surface area contributed by atoms with E-state index in [1.165, 1.54) is 11.8 Å². The lowest BCUT2D eigenvalue weighted by molar-refractivity contribution is -0.115. The second-order valence-corrected chi connectivity index (χ2v) is 7.90. The van der Waals surface area contributed by atoms with Crippen molar-refractivity contribution in [3.63, 3.8) is 0 Å². The highest BCUT2D eigenvalue weighted by Crippen LogP contribution is 2.29. The minimum Gasteiger partial charge on any atom is -0.325 e. The van der Waals surface area contributed by atoms with Gasteiger partial charge in [0.05, 0.1) is 10.1 Å². The number of nitrogens with zero attached hydrogens (tertiary/aromatic N) is 3. The Morgan fingerprint density at radius 1 is 1.32 bits per heavy atom. The first kappa shape index (κ1) is 17.7. The standard InChI is InChI=1S/C18H20N4OS2/c1-4-22-16(15-9-6-10-24-15)20-21-18(22)25-13(3)17(23)19-14-8-5-7-12(2)11-14/h5-11,13H,4H2,1-3H3,(H,19,23)/t13-/m0/s1. The van der Waals surface area contributed by atoms with Crippen molar-refractivity contribution >= 4 is 34.7 Å². The normalized spacial score (nSPS) is 12.1. The third-order valence-electron chi connectivity index (χ3n) is 3.71. The van der Waals surface area contributed by atoms with Gasteiger partial charge in [-0.3, -0.25) is 4.79 Å². The van der Waals surface area contributed by atoms with Gasteiger partial charge in [0.15, 0.2) is 11.0 Å². The molecule has 0 saturated heterocycles. The Morgan fingerprint density at radius 3 is 2.84 bits per heavy atom. The fraction of sp³-hybridized carbons (Fsp3) is 0.278. The molecule has 2 aromatic heterocycles. The van der Waals surface area contributed by atoms with E-state index in [0.29, 0.717) is 0 Å². The van der Waals surface area contributed by atoms with E-state index in [1.54, 1.807) is 11.3 Å². The van der Waals surface area contributed by atoms with Gasteiger partial charge in [-0.25, -0.2) is 0 Å². The van der Waals surface area contributed by atoms with Crippen LogP contribution in [0.25, 0.3) is 10.7 Å². The highest BCUT2D eigenvalue weighted by atomic mass is 32.2. The number of benzene rings is 1. The van der Waals surface area contributed by atoms with Crippen LogP contribution in [-0.4, -0.2) is 25.9 Å². The van der Waals surface area contributed by atoms with Crippen molar-refractivity contribution < 1.29 is 4.79 Å². The van der Waals surface area contributed by atoms with Gasteiger partial charge in [-0.2, -0.15) is 0 Å². The average Bonchev–Trinajstić information content (AvgIpc) is 3.23. The molecule has 1 amide bonds. The third-order valence-corrected chi connectivity index (χ3v) is 5.66. The number of amides is 1. The van der Waals surface area contributed by atoms with Gasteiger partial charge in [0.2, 0.25) is 5.91 Å². The minimum atomic E-state index is -0.272. The lowest BCUT2D eigenvalue weighted by Crippen LogP contribution is -2.23. The first-order valence-corrected chi connectivity index (χ1v) is 9.85. The molecular weight excluding hydrogens is 352 g/mol. The average molecular weight is 373 g/mol. The monoisotopic (exact) mass is 372 g/mol. The summed E-state index contributed by atoms with van der Waals surface area (Å²) in [6.45, 7) is 6.70. The number of thiophene rings is 1. The van der Waals surface area contributed by atoms with Crippen LogP contribution in [0.2, 0.25) is 0 Å². The molecule has 2 heterocycles. The zero-order valence-electron chi connectivity index (χ0n) is 14.4. The predicted molar refractivity (Wildman–Crippen MR) is 104 cm³/mol. The summed E-state index contributed by atoms with van der Waals surface area (Å²) < 4.78 is 2.05. The quantitative estimate of drug-likeness (QED) is 0.649. The van der Waals surface area contributed by atoms with Crippen molar-refractivity contribution in [2.24, 2.45) is 0 Å². The largest absolute Gasteiger partial charge is 0.325 e. The van der Waals surface area contributed by atoms with Gasteiger partial charge in [0, 0.05) is 12.2 Å². The highest BCUT2D eigenvalue weighted by Gasteiger charge is 2.20. The first-order valence-electron chi connectivity index (χ1n) is 8.09. The minimum absolute atomic E-state index is 0.0427. The maximum absolute atomic E-state index is 12.5. The van der Waals surface area contributed by atoms with E-state index in [0.717, 1.165) is 33.7 Å². The number of thioether (sulfide) groups is 1. The van der Waals surface area contributed by atoms with E-state index in [-0.39, 0.29) is 11.2 Å². The molecule has 3 aromatic rings. The zero-order chi connectivity index (χ0) is 17.8. The molecule has 0 spiro atoms. The van der Waals surface area contributed by atoms with Crippen molar-refractivity contribution in [3.05, 3.63) is 47.3 Å². The van der Waals surface area contributed by atoms with Crippen LogP contribution in [0.15, 0.2) is 46.9 Å². The Kier molecular flexibility index (Phi) is 5.55. The zero-order valence-corrected chi connectivity index (χ0v) is 16.0. The second kappa shape index (κ2) is 7.84. The number of aryl methyl sites for hydroxylation is 1. The first-order chi connectivity index (χ1) is 12.1. The van der Waals surface area contributed by atoms with Crippen LogP contribution in [0.5, 0.6) is 0 Å². The molecule has 7 heteroatoms. The predicted octanol–water partition coefficient (Wildman–Crippen LogP) is 4.45. The Hall–Kier alpha value is -2.12. The summed E-state index contributed by atoms with van der Waals surface area (Å²) in [5.74, 6) is 0.810. The molecule has 0 saturated carbocycles. The Balaban J connectivity index is 1.72. The number of aromatic nitrogens is 3. The summed E-state index contributed by atoms with van der Waals surface area (Å²) in [7, 11) is 0. The molecule has 0 aliphatic rings. The molecule has 3 rings (SSSR count). The van der Waals surface area contributed by atoms with Gasteiger partial charge < -0.3 is 9.88 Å². The van der Waals surface area contributed by atoms with Gasteiger partial charge in [-0.05, 0) is 49.9 Å². The van der Waals surface area contributed by atoms with E-state index in [9.17, 15) is 4.79 Å². The lowest BCUT2D eigenvalue weighted by Gasteiger charge is -2.13. The summed E-state index contributed by atoms with van der Waals surface area (Å²) in [4.78, 5) is 13.6. The summed E-state index contributed by atoms with van der Waals surface area (Å²) in [5, 5.41) is 14.1. The SMILES string of the molecule is CCn1c(S[C@@H](C)C(=O)Nc2cccc(C)c2)nnc1-c1cccs1. The van der Waals surface area contributed by atoms with Crippen molar-refractivity contribution in [1.82, 2.24) is 14.8 Å². The molecule has 1 aromatic carbocycles. The number of anilines is 1. The van der Waals surface area contributed by atoms with Crippen molar-refractivity contribution in [2.75, 3.05) is 5.32 Å². The fourth-order valence-electron chi connectivity index (χ4n) is 2.43. The molecule has 0 aliphatic heterocycles. The molecule has 0 radical (unpaired) electrons. The number of hydrogen-bond acceptors (Lipinski definition) is 5. The number of carbonyl (C=O) groups is 1. The maximum Gasteiger partial charge on any atom is 0.237 e. The van der Waals surface area contributed by atoms with E-state index < -0.39 is 0 Å². The number of rotatable bonds is 6. The Bertz CT molecular complexity index is 858. The number of hydrogen-bond donors (Lipinski definition) is 1. The molecule has 0 unspecified atom stereocenters. The molecule has 1 atom stereocenters. The fourth-order valence-corrected chi connectivity index (χ4v) is 4.06. The van der Waals surface area contributed by atoms with Gasteiger partial charge in [-0.1, -0.05) is 30.0 Å². The number of nitrogens with one attached hydrogen (secondary N) is 1. The van der Waals surface area contributed by atoms with Crippen LogP contribution >= 0.6 is 23.1 Å². The smallest absolute Gasteiger partial charge is 0.237 e. The van der Waals surface area contributed by atoms with Crippen LogP contribution in [0, 0.1) is 6.92 Å². The topological polar surface area (TPSA) is 59.8 Å². The number of carbonyl (C=O) groups excluding carboxylic acids is 1. The van der Waals surface area contributed by atoms with Crippen molar-refractivity contribution in [1.29, 1.82) is 0 Å². The summed E-state index contributed by atoms with van der Waals surface area (Å²) in [6, 6.07) is 11.8. The molecule has 0 fully saturated rings. The van der Waals surface area contributed by atoms with E-state index in [1.807, 2.05) is 60.2 Å². The molecule has 1 N–H and O–H groups in total. The van der Waals surface area contributed by atoms with Crippen molar-refractivity contribution in [3.8, 4) is 10.7 Å². The lowest BCUT2D eigenvalue weighted by atomic mass is 10.2. The van der Waals surface area contributed by atoms with Gasteiger partial charge in [-0.15, -0.1) is 21.5 Å². The van der Waals surface area contributed by atoms with Crippen LogP contribution < -0.4 is 5.32 Å². The molecule has 0 aliphatic carbocycles. The van der Waals surface area contributed by atoms with Crippen LogP contribution in [0.3, 0.4) is 0 Å². The summed E-state index contributed by atoms with van der Waals surface area (Å²) in [6.07, 6.45) is 0. The van der Waals surface area contributed by atoms with Gasteiger partial charge in [0.25, 0.3) is 0 Å². The van der Waals surface area contributed by atoms with Crippen LogP contribution in [0.1, 0.15) is 19.4 Å². The van der Waals surface area contributed by atoms with E-state index in [4.69, 9.17) is 0 Å². The highest BCUT2D eigenvalue weighted by molar-refractivity contribution is 8.00. The van der Waals surface area contributed by atoms with Crippen molar-refractivity contribution in [2.45, 2.75) is 37.7 Å². The molecular formula is C18H20N4OS2. The van der Waals surface area contributed by atoms with E-state index >= 15 is 0 Å². The molecule has 130 valence electrons. The molecule has 5 nitrogen and oxygen atoms in total. The van der Waals surface area contributed by atoms with Gasteiger partial charge >= 0.3 is 0 Å². The molecule has 25 heavy (non-hydrogen) atoms. The van der Waals surface area contributed by atoms with E-state index in [2.05, 4.69) is 22.4 Å². The van der Waals surface area contributed by atoms with Gasteiger partial charge in [0.1, 0.15) is 0 Å².